The lowest BCUT2D eigenvalue weighted by Crippen LogP contribution is -2.14. The number of esters is 1. The Morgan fingerprint density at radius 3 is 2.41 bits per heavy atom. The minimum Gasteiger partial charge on any atom is -0.494 e. The predicted molar refractivity (Wildman–Crippen MR) is 99.2 cm³/mol. The highest BCUT2D eigenvalue weighted by Gasteiger charge is 2.31. The van der Waals surface area contributed by atoms with E-state index < -0.39 is 27.6 Å². The summed E-state index contributed by atoms with van der Waals surface area (Å²) in [6, 6.07) is 5.44. The fourth-order valence-corrected chi connectivity index (χ4v) is 4.08. The maximum atomic E-state index is 14.5. The first-order valence-electron chi connectivity index (χ1n) is 8.22. The van der Waals surface area contributed by atoms with Crippen LogP contribution in [0.2, 0.25) is 0 Å². The van der Waals surface area contributed by atoms with Crippen molar-refractivity contribution in [3.05, 3.63) is 65.6 Å². The molecule has 10 heteroatoms. The zero-order valence-electron chi connectivity index (χ0n) is 15.6. The number of carbonyl (C=O) groups is 1. The average Bonchev–Trinajstić information content (AvgIpc) is 3.08. The molecule has 0 atom stereocenters. The van der Waals surface area contributed by atoms with E-state index >= 15 is 0 Å². The minimum atomic E-state index is -4.31. The van der Waals surface area contributed by atoms with Crippen LogP contribution in [0.15, 0.2) is 47.6 Å². The average molecular weight is 422 g/mol. The van der Waals surface area contributed by atoms with Gasteiger partial charge in [0, 0.05) is 29.7 Å². The molecule has 0 saturated heterocycles. The summed E-state index contributed by atoms with van der Waals surface area (Å²) in [4.78, 5) is 15.9. The minimum absolute atomic E-state index is 0.194. The summed E-state index contributed by atoms with van der Waals surface area (Å²) in [7, 11) is -2.01. The molecule has 0 aliphatic rings. The molecule has 0 spiro atoms. The zero-order chi connectivity index (χ0) is 21.3. The van der Waals surface area contributed by atoms with Crippen molar-refractivity contribution in [3.8, 4) is 17.0 Å². The molecule has 0 unspecified atom stereocenters. The van der Waals surface area contributed by atoms with E-state index in [0.29, 0.717) is 15.7 Å². The number of halogens is 2. The molecule has 0 N–H and O–H groups in total. The van der Waals surface area contributed by atoms with Gasteiger partial charge in [0.1, 0.15) is 27.8 Å². The fourth-order valence-electron chi connectivity index (χ4n) is 2.76. The van der Waals surface area contributed by atoms with Gasteiger partial charge in [0.25, 0.3) is 10.0 Å². The lowest BCUT2D eigenvalue weighted by atomic mass is 10.1. The highest BCUT2D eigenvalue weighted by molar-refractivity contribution is 7.90. The number of hydrogen-bond donors (Lipinski definition) is 0. The molecule has 0 amide bonds. The Morgan fingerprint density at radius 1 is 1.14 bits per heavy atom. The van der Waals surface area contributed by atoms with Crippen LogP contribution < -0.4 is 4.74 Å². The Kier molecular flexibility index (Phi) is 5.38. The number of aryl methyl sites for hydroxylation is 1. The monoisotopic (exact) mass is 422 g/mol. The predicted octanol–water partition coefficient (Wildman–Crippen LogP) is 3.17. The van der Waals surface area contributed by atoms with Gasteiger partial charge in [0.05, 0.1) is 14.2 Å². The zero-order valence-corrected chi connectivity index (χ0v) is 16.5. The van der Waals surface area contributed by atoms with Crippen molar-refractivity contribution >= 4 is 16.0 Å². The van der Waals surface area contributed by atoms with E-state index in [4.69, 9.17) is 4.74 Å². The summed E-state index contributed by atoms with van der Waals surface area (Å²) in [5.74, 6) is -2.99. The first kappa shape index (κ1) is 20.5. The van der Waals surface area contributed by atoms with Crippen LogP contribution in [-0.2, 0) is 14.8 Å². The molecule has 1 aromatic carbocycles. The van der Waals surface area contributed by atoms with E-state index in [0.717, 1.165) is 31.6 Å². The summed E-state index contributed by atoms with van der Waals surface area (Å²) in [6.45, 7) is 1.68. The van der Waals surface area contributed by atoms with E-state index in [1.165, 1.54) is 19.2 Å². The second-order valence-corrected chi connectivity index (χ2v) is 7.79. The Hall–Kier alpha value is -3.27. The van der Waals surface area contributed by atoms with Gasteiger partial charge in [-0.2, -0.15) is 0 Å². The summed E-state index contributed by atoms with van der Waals surface area (Å²) in [6.07, 6.45) is 2.11. The topological polar surface area (TPSA) is 87.5 Å². The van der Waals surface area contributed by atoms with Crippen LogP contribution in [-0.4, -0.2) is 37.6 Å². The van der Waals surface area contributed by atoms with Crippen LogP contribution >= 0.6 is 0 Å². The van der Waals surface area contributed by atoms with Gasteiger partial charge in [-0.25, -0.2) is 26.0 Å². The molecule has 2 heterocycles. The van der Waals surface area contributed by atoms with Gasteiger partial charge in [0.15, 0.2) is 5.75 Å². The maximum Gasteiger partial charge on any atom is 0.343 e. The number of nitrogens with zero attached hydrogens (tertiary/aromatic N) is 2. The van der Waals surface area contributed by atoms with Crippen LogP contribution in [0.1, 0.15) is 16.1 Å². The third-order valence-corrected chi connectivity index (χ3v) is 5.81. The summed E-state index contributed by atoms with van der Waals surface area (Å²) in [5.41, 5.74) is -0.209. The second kappa shape index (κ2) is 7.63. The summed E-state index contributed by atoms with van der Waals surface area (Å²) >= 11 is 0. The lowest BCUT2D eigenvalue weighted by Gasteiger charge is -2.13. The summed E-state index contributed by atoms with van der Waals surface area (Å²) < 4.78 is 65.0. The van der Waals surface area contributed by atoms with Crippen molar-refractivity contribution in [1.29, 1.82) is 0 Å². The van der Waals surface area contributed by atoms with Crippen LogP contribution in [0, 0.1) is 18.6 Å². The highest BCUT2D eigenvalue weighted by Crippen LogP contribution is 2.39. The number of methoxy groups -OCH3 is 2. The molecule has 0 aliphatic heterocycles. The number of pyridine rings is 1. The number of rotatable bonds is 5. The first-order valence-corrected chi connectivity index (χ1v) is 9.66. The Balaban J connectivity index is 2.38. The standard InChI is InChI=1S/C19H16F2N2O5S/c1-11-4-6-13(9-22-11)29(25,26)23-10-15(19(24)28-3)18(27-2)17(23)14-7-5-12(20)8-16(14)21/h4-10H,1-3H3. The first-order chi connectivity index (χ1) is 13.7. The molecule has 0 radical (unpaired) electrons. The quantitative estimate of drug-likeness (QED) is 0.587. The van der Waals surface area contributed by atoms with Crippen molar-refractivity contribution < 1.29 is 31.5 Å². The molecule has 0 saturated carbocycles. The van der Waals surface area contributed by atoms with Crippen LogP contribution in [0.4, 0.5) is 8.78 Å². The van der Waals surface area contributed by atoms with Gasteiger partial charge >= 0.3 is 5.97 Å². The van der Waals surface area contributed by atoms with E-state index in [-0.39, 0.29) is 27.5 Å². The molecular formula is C19H16F2N2O5S. The number of carbonyl (C=O) groups excluding carboxylic acids is 1. The van der Waals surface area contributed by atoms with Crippen molar-refractivity contribution in [1.82, 2.24) is 8.96 Å². The van der Waals surface area contributed by atoms with Gasteiger partial charge in [0.2, 0.25) is 0 Å². The van der Waals surface area contributed by atoms with Gasteiger partial charge in [-0.1, -0.05) is 0 Å². The van der Waals surface area contributed by atoms with Crippen LogP contribution in [0.3, 0.4) is 0 Å². The van der Waals surface area contributed by atoms with Crippen molar-refractivity contribution in [2.75, 3.05) is 14.2 Å². The largest absolute Gasteiger partial charge is 0.494 e. The van der Waals surface area contributed by atoms with Gasteiger partial charge < -0.3 is 9.47 Å². The molecule has 29 heavy (non-hydrogen) atoms. The molecule has 2 aromatic heterocycles. The SMILES string of the molecule is COC(=O)c1cn(S(=O)(=O)c2ccc(C)nc2)c(-c2ccc(F)cc2F)c1OC. The van der Waals surface area contributed by atoms with Gasteiger partial charge in [-0.3, -0.25) is 4.98 Å². The molecule has 0 aliphatic carbocycles. The highest BCUT2D eigenvalue weighted by atomic mass is 32.2. The lowest BCUT2D eigenvalue weighted by molar-refractivity contribution is 0.0597. The number of aromatic nitrogens is 2. The number of hydrogen-bond acceptors (Lipinski definition) is 6. The van der Waals surface area contributed by atoms with Gasteiger partial charge in [-0.05, 0) is 31.2 Å². The van der Waals surface area contributed by atoms with Crippen LogP contribution in [0.25, 0.3) is 11.3 Å². The van der Waals surface area contributed by atoms with E-state index in [2.05, 4.69) is 9.72 Å². The number of benzene rings is 1. The third kappa shape index (κ3) is 3.58. The molecule has 152 valence electrons. The van der Waals surface area contributed by atoms with Crippen LogP contribution in [0.5, 0.6) is 5.75 Å². The van der Waals surface area contributed by atoms with E-state index in [1.807, 2.05) is 0 Å². The van der Waals surface area contributed by atoms with Crippen molar-refractivity contribution in [2.45, 2.75) is 11.8 Å². The molecule has 3 aromatic rings. The Labute approximate surface area is 165 Å². The van der Waals surface area contributed by atoms with E-state index in [1.54, 1.807) is 6.92 Å². The van der Waals surface area contributed by atoms with Crippen molar-refractivity contribution in [3.63, 3.8) is 0 Å². The molecular weight excluding hydrogens is 406 g/mol. The molecule has 0 fully saturated rings. The third-order valence-electron chi connectivity index (χ3n) is 4.16. The Morgan fingerprint density at radius 2 is 1.86 bits per heavy atom. The number of ether oxygens (including phenoxy) is 2. The summed E-state index contributed by atoms with van der Waals surface area (Å²) in [5, 5.41) is 0. The maximum absolute atomic E-state index is 14.5. The second-order valence-electron chi connectivity index (χ2n) is 5.98. The van der Waals surface area contributed by atoms with Crippen molar-refractivity contribution in [2.24, 2.45) is 0 Å². The normalized spacial score (nSPS) is 11.3. The fraction of sp³-hybridized carbons (Fsp3) is 0.158. The van der Waals surface area contributed by atoms with E-state index in [9.17, 15) is 22.0 Å². The molecule has 0 bridgehead atoms. The molecule has 3 rings (SSSR count). The molecule has 7 nitrogen and oxygen atoms in total. The smallest absolute Gasteiger partial charge is 0.343 e. The van der Waals surface area contributed by atoms with Gasteiger partial charge in [-0.15, -0.1) is 0 Å². The Bertz CT molecular complexity index is 1190.